The fourth-order valence-electron chi connectivity index (χ4n) is 2.75. The van der Waals surface area contributed by atoms with E-state index in [4.69, 9.17) is 0 Å². The zero-order valence-corrected chi connectivity index (χ0v) is 12.5. The maximum Gasteiger partial charge on any atom is 0.256 e. The van der Waals surface area contributed by atoms with E-state index in [0.717, 1.165) is 11.3 Å². The molecule has 0 bridgehead atoms. The molecule has 0 fully saturated rings. The number of anilines is 1. The zero-order chi connectivity index (χ0) is 14.8. The minimum absolute atomic E-state index is 0.0925. The Labute approximate surface area is 125 Å². The maximum atomic E-state index is 12.8. The summed E-state index contributed by atoms with van der Waals surface area (Å²) in [4.78, 5) is 14.7. The first kappa shape index (κ1) is 13.7. The first-order valence-corrected chi connectivity index (χ1v) is 7.37. The molecule has 0 atom stereocenters. The molecule has 3 nitrogen and oxygen atoms in total. The molecule has 0 radical (unpaired) electrons. The molecular formula is C18H20N2O. The van der Waals surface area contributed by atoms with Crippen molar-refractivity contribution in [2.24, 2.45) is 0 Å². The van der Waals surface area contributed by atoms with Crippen molar-refractivity contribution in [1.29, 1.82) is 0 Å². The van der Waals surface area contributed by atoms with Gasteiger partial charge in [-0.15, -0.1) is 0 Å². The van der Waals surface area contributed by atoms with Crippen LogP contribution in [0.3, 0.4) is 0 Å². The molecule has 3 heteroatoms. The van der Waals surface area contributed by atoms with E-state index < -0.39 is 0 Å². The molecule has 1 amide bonds. The summed E-state index contributed by atoms with van der Waals surface area (Å²) in [5.41, 5.74) is 4.16. The Morgan fingerprint density at radius 3 is 2.19 bits per heavy atom. The fraction of sp³-hybridized carbons (Fsp3) is 0.278. The van der Waals surface area contributed by atoms with Crippen LogP contribution in [0.1, 0.15) is 35.3 Å². The highest BCUT2D eigenvalue weighted by atomic mass is 16.2. The number of nitrogens with one attached hydrogen (secondary N) is 1. The van der Waals surface area contributed by atoms with Crippen molar-refractivity contribution < 1.29 is 4.79 Å². The highest BCUT2D eigenvalue weighted by molar-refractivity contribution is 5.99. The number of hydrogen-bond donors (Lipinski definition) is 1. The molecule has 2 aromatic rings. The number of carbonyl (C=O) groups is 1. The van der Waals surface area contributed by atoms with Crippen LogP contribution in [0.15, 0.2) is 48.5 Å². The van der Waals surface area contributed by atoms with Gasteiger partial charge in [0.1, 0.15) is 0 Å². The number of rotatable bonds is 3. The molecule has 1 aliphatic heterocycles. The van der Waals surface area contributed by atoms with Crippen molar-refractivity contribution in [3.8, 4) is 0 Å². The minimum atomic E-state index is 0.0925. The monoisotopic (exact) mass is 280 g/mol. The molecule has 1 aliphatic rings. The van der Waals surface area contributed by atoms with E-state index in [0.29, 0.717) is 19.1 Å². The van der Waals surface area contributed by atoms with Gasteiger partial charge in [0.25, 0.3) is 5.91 Å². The van der Waals surface area contributed by atoms with Crippen molar-refractivity contribution in [1.82, 2.24) is 4.90 Å². The summed E-state index contributed by atoms with van der Waals surface area (Å²) >= 11 is 0. The number of fused-ring (bicyclic) bond motifs is 1. The van der Waals surface area contributed by atoms with E-state index in [-0.39, 0.29) is 5.91 Å². The van der Waals surface area contributed by atoms with Crippen LogP contribution in [0.25, 0.3) is 0 Å². The third-order valence-corrected chi connectivity index (χ3v) is 3.73. The van der Waals surface area contributed by atoms with E-state index in [2.05, 4.69) is 31.3 Å². The van der Waals surface area contributed by atoms with E-state index in [9.17, 15) is 4.79 Å². The molecule has 0 saturated heterocycles. The Hall–Kier alpha value is -2.29. The third-order valence-electron chi connectivity index (χ3n) is 3.73. The van der Waals surface area contributed by atoms with Crippen LogP contribution in [0.5, 0.6) is 0 Å². The Bertz CT molecular complexity index is 639. The van der Waals surface area contributed by atoms with Gasteiger partial charge in [0.05, 0.1) is 5.56 Å². The van der Waals surface area contributed by atoms with Gasteiger partial charge in [0.15, 0.2) is 0 Å². The molecule has 0 saturated carbocycles. The SMILES string of the molecule is CC(C)Nc1ccccc1C(=O)N1Cc2ccccc2C1. The van der Waals surface area contributed by atoms with Crippen LogP contribution in [0.2, 0.25) is 0 Å². The molecule has 1 heterocycles. The van der Waals surface area contributed by atoms with Crippen molar-refractivity contribution >= 4 is 11.6 Å². The molecule has 3 rings (SSSR count). The van der Waals surface area contributed by atoms with Gasteiger partial charge in [-0.2, -0.15) is 0 Å². The number of nitrogens with zero attached hydrogens (tertiary/aromatic N) is 1. The van der Waals surface area contributed by atoms with Gasteiger partial charge in [0, 0.05) is 24.8 Å². The van der Waals surface area contributed by atoms with E-state index in [1.54, 1.807) is 0 Å². The van der Waals surface area contributed by atoms with Crippen molar-refractivity contribution in [3.05, 3.63) is 65.2 Å². The van der Waals surface area contributed by atoms with Gasteiger partial charge in [-0.05, 0) is 37.1 Å². The first-order valence-electron chi connectivity index (χ1n) is 7.37. The van der Waals surface area contributed by atoms with Gasteiger partial charge in [-0.1, -0.05) is 36.4 Å². The molecule has 0 aromatic heterocycles. The van der Waals surface area contributed by atoms with Gasteiger partial charge in [-0.3, -0.25) is 4.79 Å². The van der Waals surface area contributed by atoms with Crippen molar-refractivity contribution in [2.45, 2.75) is 33.0 Å². The topological polar surface area (TPSA) is 32.3 Å². The molecule has 108 valence electrons. The molecule has 1 N–H and O–H groups in total. The standard InChI is InChI=1S/C18H20N2O/c1-13(2)19-17-10-6-5-9-16(17)18(21)20-11-14-7-3-4-8-15(14)12-20/h3-10,13,19H,11-12H2,1-2H3. The predicted molar refractivity (Wildman–Crippen MR) is 85.2 cm³/mol. The van der Waals surface area contributed by atoms with Crippen LogP contribution < -0.4 is 5.32 Å². The lowest BCUT2D eigenvalue weighted by atomic mass is 10.1. The smallest absolute Gasteiger partial charge is 0.256 e. The minimum Gasteiger partial charge on any atom is -0.382 e. The molecule has 0 aliphatic carbocycles. The van der Waals surface area contributed by atoms with Crippen LogP contribution in [0, 0.1) is 0 Å². The fourth-order valence-corrected chi connectivity index (χ4v) is 2.75. The third kappa shape index (κ3) is 2.77. The normalized spacial score (nSPS) is 13.4. The Balaban J connectivity index is 1.84. The predicted octanol–water partition coefficient (Wildman–Crippen LogP) is 3.66. The Morgan fingerprint density at radius 2 is 1.57 bits per heavy atom. The molecule has 0 spiro atoms. The van der Waals surface area contributed by atoms with Crippen LogP contribution >= 0.6 is 0 Å². The largest absolute Gasteiger partial charge is 0.382 e. The van der Waals surface area contributed by atoms with Crippen LogP contribution in [-0.2, 0) is 13.1 Å². The van der Waals surface area contributed by atoms with Gasteiger partial charge in [0.2, 0.25) is 0 Å². The lowest BCUT2D eigenvalue weighted by molar-refractivity contribution is 0.0752. The van der Waals surface area contributed by atoms with Crippen LogP contribution in [-0.4, -0.2) is 16.8 Å². The molecule has 2 aromatic carbocycles. The second-order valence-corrected chi connectivity index (χ2v) is 5.77. The first-order chi connectivity index (χ1) is 10.1. The van der Waals surface area contributed by atoms with Gasteiger partial charge in [-0.25, -0.2) is 0 Å². The quantitative estimate of drug-likeness (QED) is 0.930. The lowest BCUT2D eigenvalue weighted by Gasteiger charge is -2.19. The highest BCUT2D eigenvalue weighted by Crippen LogP contribution is 2.26. The second kappa shape index (κ2) is 5.60. The average molecular weight is 280 g/mol. The number of hydrogen-bond acceptors (Lipinski definition) is 2. The second-order valence-electron chi connectivity index (χ2n) is 5.77. The van der Waals surface area contributed by atoms with E-state index in [1.807, 2.05) is 41.3 Å². The summed E-state index contributed by atoms with van der Waals surface area (Å²) in [5, 5.41) is 3.35. The summed E-state index contributed by atoms with van der Waals surface area (Å²) in [6.07, 6.45) is 0. The van der Waals surface area contributed by atoms with Gasteiger partial charge < -0.3 is 10.2 Å². The van der Waals surface area contributed by atoms with E-state index >= 15 is 0 Å². The summed E-state index contributed by atoms with van der Waals surface area (Å²) in [6, 6.07) is 16.3. The van der Waals surface area contributed by atoms with Crippen molar-refractivity contribution in [3.63, 3.8) is 0 Å². The van der Waals surface area contributed by atoms with Gasteiger partial charge >= 0.3 is 0 Å². The lowest BCUT2D eigenvalue weighted by Crippen LogP contribution is -2.26. The molecule has 21 heavy (non-hydrogen) atoms. The molecule has 0 unspecified atom stereocenters. The highest BCUT2D eigenvalue weighted by Gasteiger charge is 2.25. The van der Waals surface area contributed by atoms with Crippen LogP contribution in [0.4, 0.5) is 5.69 Å². The number of benzene rings is 2. The molecular weight excluding hydrogens is 260 g/mol. The van der Waals surface area contributed by atoms with Crippen molar-refractivity contribution in [2.75, 3.05) is 5.32 Å². The van der Waals surface area contributed by atoms with E-state index in [1.165, 1.54) is 11.1 Å². The Morgan fingerprint density at radius 1 is 1.00 bits per heavy atom. The maximum absolute atomic E-state index is 12.8. The number of para-hydroxylation sites is 1. The average Bonchev–Trinajstić information content (AvgIpc) is 2.90. The summed E-state index contributed by atoms with van der Waals surface area (Å²) in [6.45, 7) is 5.55. The zero-order valence-electron chi connectivity index (χ0n) is 12.5. The number of amides is 1. The summed E-state index contributed by atoms with van der Waals surface area (Å²) in [7, 11) is 0. The Kier molecular flexibility index (Phi) is 3.65. The summed E-state index contributed by atoms with van der Waals surface area (Å²) < 4.78 is 0. The summed E-state index contributed by atoms with van der Waals surface area (Å²) in [5.74, 6) is 0.0925. The number of carbonyl (C=O) groups excluding carboxylic acids is 1.